The van der Waals surface area contributed by atoms with Crippen LogP contribution >= 0.6 is 23.4 Å². The number of hydrogen-bond donors (Lipinski definition) is 0. The van der Waals surface area contributed by atoms with Crippen molar-refractivity contribution in [1.29, 1.82) is 0 Å². The van der Waals surface area contributed by atoms with E-state index < -0.39 is 0 Å². The van der Waals surface area contributed by atoms with Crippen LogP contribution in [-0.2, 0) is 6.54 Å². The first kappa shape index (κ1) is 14.7. The third-order valence-electron chi connectivity index (χ3n) is 2.98. The Labute approximate surface area is 113 Å². The van der Waals surface area contributed by atoms with Crippen molar-refractivity contribution >= 4 is 29.1 Å². The van der Waals surface area contributed by atoms with E-state index in [2.05, 4.69) is 10.8 Å². The van der Waals surface area contributed by atoms with Gasteiger partial charge in [-0.2, -0.15) is 11.8 Å². The van der Waals surface area contributed by atoms with Crippen LogP contribution in [0.2, 0.25) is 0 Å². The number of alkyl halides is 1. The van der Waals surface area contributed by atoms with Crippen molar-refractivity contribution < 1.29 is 4.79 Å². The summed E-state index contributed by atoms with van der Waals surface area (Å²) in [5.74, 6) is 1.29. The minimum atomic E-state index is 0.0233. The van der Waals surface area contributed by atoms with E-state index in [0.717, 1.165) is 29.9 Å². The summed E-state index contributed by atoms with van der Waals surface area (Å²) >= 11 is 7.48. The van der Waals surface area contributed by atoms with Crippen LogP contribution in [0.4, 0.5) is 0 Å². The van der Waals surface area contributed by atoms with Crippen LogP contribution in [0, 0.1) is 13.8 Å². The van der Waals surface area contributed by atoms with Gasteiger partial charge in [0.2, 0.25) is 0 Å². The number of carbonyl (C=O) groups excluding carboxylic acids is 1. The van der Waals surface area contributed by atoms with Gasteiger partial charge >= 0.3 is 0 Å². The van der Waals surface area contributed by atoms with Crippen LogP contribution in [0.3, 0.4) is 0 Å². The molecule has 1 aromatic rings. The first-order chi connectivity index (χ1) is 8.11. The van der Waals surface area contributed by atoms with Gasteiger partial charge in [-0.15, -0.1) is 11.6 Å². The van der Waals surface area contributed by atoms with Crippen molar-refractivity contribution in [3.8, 4) is 0 Å². The predicted molar refractivity (Wildman–Crippen MR) is 76.6 cm³/mol. The Morgan fingerprint density at radius 3 is 2.71 bits per heavy atom. The zero-order valence-corrected chi connectivity index (χ0v) is 12.3. The number of hydrogen-bond acceptors (Lipinski definition) is 2. The number of halogens is 1. The fourth-order valence-electron chi connectivity index (χ4n) is 2.02. The molecule has 4 heteroatoms. The smallest absolute Gasteiger partial charge is 0.179 e. The van der Waals surface area contributed by atoms with Gasteiger partial charge in [-0.3, -0.25) is 4.79 Å². The highest BCUT2D eigenvalue weighted by atomic mass is 35.5. The Bertz CT molecular complexity index is 387. The highest BCUT2D eigenvalue weighted by Gasteiger charge is 2.14. The average Bonchev–Trinajstić information content (AvgIpc) is 2.60. The number of unbranched alkanes of at least 4 members (excludes halogenated alkanes) is 1. The second kappa shape index (κ2) is 7.12. The summed E-state index contributed by atoms with van der Waals surface area (Å²) < 4.78 is 2.22. The number of thioether (sulfide) groups is 1. The Balaban J connectivity index is 2.72. The van der Waals surface area contributed by atoms with E-state index in [1.54, 1.807) is 0 Å². The van der Waals surface area contributed by atoms with Crippen LogP contribution in [0.25, 0.3) is 0 Å². The molecule has 0 aliphatic carbocycles. The number of nitrogens with zero attached hydrogens (tertiary/aromatic N) is 1. The van der Waals surface area contributed by atoms with Gasteiger partial charge in [-0.25, -0.2) is 0 Å². The van der Waals surface area contributed by atoms with E-state index >= 15 is 0 Å². The van der Waals surface area contributed by atoms with Gasteiger partial charge in [0.05, 0.1) is 5.88 Å². The Morgan fingerprint density at radius 1 is 1.41 bits per heavy atom. The molecule has 0 aromatic carbocycles. The molecule has 1 aromatic heterocycles. The lowest BCUT2D eigenvalue weighted by molar-refractivity contribution is 0.102. The van der Waals surface area contributed by atoms with Gasteiger partial charge in [-0.05, 0) is 44.8 Å². The summed E-state index contributed by atoms with van der Waals surface area (Å²) in [4.78, 5) is 11.6. The quantitative estimate of drug-likeness (QED) is 0.430. The number of carbonyl (C=O) groups is 1. The molecule has 0 atom stereocenters. The topological polar surface area (TPSA) is 22.0 Å². The van der Waals surface area contributed by atoms with E-state index in [1.807, 2.05) is 31.7 Å². The SMILES string of the molecule is CSCCCCn1c(C)cc(C(=O)CCl)c1C. The second-order valence-corrected chi connectivity index (χ2v) is 5.45. The molecular formula is C13H20ClNOS. The fraction of sp³-hybridized carbons (Fsp3) is 0.615. The lowest BCUT2D eigenvalue weighted by Crippen LogP contribution is -2.06. The first-order valence-corrected chi connectivity index (χ1v) is 7.79. The van der Waals surface area contributed by atoms with Crippen molar-refractivity contribution in [2.45, 2.75) is 33.2 Å². The van der Waals surface area contributed by atoms with E-state index in [1.165, 1.54) is 12.2 Å². The third-order valence-corrected chi connectivity index (χ3v) is 3.92. The van der Waals surface area contributed by atoms with Gasteiger partial charge in [0.15, 0.2) is 5.78 Å². The summed E-state index contributed by atoms with van der Waals surface area (Å²) in [5, 5.41) is 0. The van der Waals surface area contributed by atoms with Crippen LogP contribution < -0.4 is 0 Å². The number of Topliss-reactive ketones (excluding diaryl/α,β-unsaturated/α-hetero) is 1. The maximum Gasteiger partial charge on any atom is 0.179 e. The molecule has 0 aliphatic heterocycles. The Morgan fingerprint density at radius 2 is 2.12 bits per heavy atom. The van der Waals surface area contributed by atoms with Gasteiger partial charge in [0.25, 0.3) is 0 Å². The minimum Gasteiger partial charge on any atom is -0.348 e. The molecular weight excluding hydrogens is 254 g/mol. The van der Waals surface area contributed by atoms with Crippen LogP contribution in [-0.4, -0.2) is 28.2 Å². The molecule has 0 unspecified atom stereocenters. The van der Waals surface area contributed by atoms with Crippen LogP contribution in [0.15, 0.2) is 6.07 Å². The molecule has 0 spiro atoms. The molecule has 2 nitrogen and oxygen atoms in total. The van der Waals surface area contributed by atoms with Gasteiger partial charge in [-0.1, -0.05) is 0 Å². The average molecular weight is 274 g/mol. The van der Waals surface area contributed by atoms with Crippen LogP contribution in [0.1, 0.15) is 34.6 Å². The Hall–Kier alpha value is -0.410. The zero-order valence-electron chi connectivity index (χ0n) is 10.8. The zero-order chi connectivity index (χ0) is 12.8. The molecule has 1 rings (SSSR count). The number of aromatic nitrogens is 1. The van der Waals surface area contributed by atoms with E-state index in [-0.39, 0.29) is 11.7 Å². The second-order valence-electron chi connectivity index (χ2n) is 4.19. The summed E-state index contributed by atoms with van der Waals surface area (Å²) in [6.45, 7) is 5.04. The Kier molecular flexibility index (Phi) is 6.14. The fourth-order valence-corrected chi connectivity index (χ4v) is 2.65. The molecule has 0 fully saturated rings. The molecule has 0 saturated heterocycles. The number of aryl methyl sites for hydroxylation is 1. The molecule has 0 aliphatic rings. The summed E-state index contributed by atoms with van der Waals surface area (Å²) in [6, 6.07) is 1.95. The van der Waals surface area contributed by atoms with Gasteiger partial charge in [0.1, 0.15) is 0 Å². The first-order valence-electron chi connectivity index (χ1n) is 5.86. The molecule has 1 heterocycles. The monoisotopic (exact) mass is 273 g/mol. The minimum absolute atomic E-state index is 0.0233. The summed E-state index contributed by atoms with van der Waals surface area (Å²) in [5.41, 5.74) is 2.99. The largest absolute Gasteiger partial charge is 0.348 e. The van der Waals surface area contributed by atoms with Gasteiger partial charge < -0.3 is 4.57 Å². The lowest BCUT2D eigenvalue weighted by Gasteiger charge is -2.09. The normalized spacial score (nSPS) is 10.8. The molecule has 96 valence electrons. The molecule has 0 radical (unpaired) electrons. The van der Waals surface area contributed by atoms with Crippen molar-refractivity contribution in [3.05, 3.63) is 23.0 Å². The van der Waals surface area contributed by atoms with E-state index in [0.29, 0.717) is 0 Å². The molecule has 17 heavy (non-hydrogen) atoms. The van der Waals surface area contributed by atoms with E-state index in [9.17, 15) is 4.79 Å². The highest BCUT2D eigenvalue weighted by Crippen LogP contribution is 2.17. The number of rotatable bonds is 7. The third kappa shape index (κ3) is 3.78. The van der Waals surface area contributed by atoms with Crippen molar-refractivity contribution in [3.63, 3.8) is 0 Å². The summed E-state index contributed by atoms with van der Waals surface area (Å²) in [6.07, 6.45) is 4.51. The van der Waals surface area contributed by atoms with Crippen molar-refractivity contribution in [2.75, 3.05) is 17.9 Å². The van der Waals surface area contributed by atoms with Gasteiger partial charge in [0, 0.05) is 23.5 Å². The van der Waals surface area contributed by atoms with Crippen molar-refractivity contribution in [2.24, 2.45) is 0 Å². The molecule has 0 bridgehead atoms. The molecule has 0 saturated carbocycles. The predicted octanol–water partition coefficient (Wildman–Crippen LogP) is 3.67. The maximum atomic E-state index is 11.6. The summed E-state index contributed by atoms with van der Waals surface area (Å²) in [7, 11) is 0. The van der Waals surface area contributed by atoms with Crippen molar-refractivity contribution in [1.82, 2.24) is 4.57 Å². The lowest BCUT2D eigenvalue weighted by atomic mass is 10.2. The molecule has 0 N–H and O–H groups in total. The maximum absolute atomic E-state index is 11.6. The highest BCUT2D eigenvalue weighted by molar-refractivity contribution is 7.98. The standard InChI is InChI=1S/C13H20ClNOS/c1-10-8-12(13(16)9-14)11(2)15(10)6-4-5-7-17-3/h8H,4-7,9H2,1-3H3. The van der Waals surface area contributed by atoms with E-state index in [4.69, 9.17) is 11.6 Å². The number of ketones is 1. The molecule has 0 amide bonds. The van der Waals surface area contributed by atoms with Crippen LogP contribution in [0.5, 0.6) is 0 Å².